The molecule has 8 rings (SSSR count). The quantitative estimate of drug-likeness (QED) is 0.0999. The Bertz CT molecular complexity index is 2220. The molecule has 5 N–H and O–H groups in total. The number of nitrogens with zero attached hydrogens (tertiary/aromatic N) is 4. The highest BCUT2D eigenvalue weighted by molar-refractivity contribution is 5.87. The number of ether oxygens (including phenoxy) is 2. The Labute approximate surface area is 330 Å². The fraction of sp³-hybridized carbons (Fsp3) is 0.395. The van der Waals surface area contributed by atoms with Crippen molar-refractivity contribution in [1.82, 2.24) is 40.5 Å². The van der Waals surface area contributed by atoms with Gasteiger partial charge < -0.3 is 40.1 Å². The van der Waals surface area contributed by atoms with Crippen molar-refractivity contribution in [3.8, 4) is 39.5 Å². The van der Waals surface area contributed by atoms with Crippen molar-refractivity contribution in [2.45, 2.75) is 69.7 Å². The zero-order chi connectivity index (χ0) is 39.6. The Morgan fingerprint density at radius 1 is 0.860 bits per heavy atom. The first kappa shape index (κ1) is 37.9. The molecular formula is C43H48N8O6. The van der Waals surface area contributed by atoms with Crippen LogP contribution < -0.4 is 10.6 Å². The summed E-state index contributed by atoms with van der Waals surface area (Å²) in [5, 5.41) is 15.8. The summed E-state index contributed by atoms with van der Waals surface area (Å²) in [5.74, 6) is 1.85. The van der Waals surface area contributed by atoms with Gasteiger partial charge in [-0.2, -0.15) is 0 Å². The molecule has 3 aromatic heterocycles. The van der Waals surface area contributed by atoms with Crippen LogP contribution in [-0.2, 0) is 25.6 Å². The summed E-state index contributed by atoms with van der Waals surface area (Å²) in [7, 11) is 2.76. The summed E-state index contributed by atoms with van der Waals surface area (Å²) < 4.78 is 10.1. The van der Waals surface area contributed by atoms with Crippen molar-refractivity contribution in [3.63, 3.8) is 0 Å². The number of aromatic amines is 2. The number of aromatic nitrogens is 5. The number of hydrogen-bond donors (Lipinski definition) is 5. The zero-order valence-electron chi connectivity index (χ0n) is 32.3. The Hall–Kier alpha value is -6.02. The molecule has 0 radical (unpaired) electrons. The van der Waals surface area contributed by atoms with E-state index in [-0.39, 0.29) is 42.1 Å². The number of aromatic hydroxyl groups is 1. The van der Waals surface area contributed by atoms with Crippen molar-refractivity contribution in [2.75, 3.05) is 20.8 Å². The van der Waals surface area contributed by atoms with E-state index in [0.29, 0.717) is 29.8 Å². The van der Waals surface area contributed by atoms with Gasteiger partial charge >= 0.3 is 6.09 Å². The van der Waals surface area contributed by atoms with E-state index in [0.717, 1.165) is 71.6 Å². The number of nitrogens with one attached hydrogen (secondary N) is 4. The first-order valence-electron chi connectivity index (χ1n) is 19.6. The van der Waals surface area contributed by atoms with Crippen molar-refractivity contribution in [1.29, 1.82) is 0 Å². The molecule has 1 saturated heterocycles. The van der Waals surface area contributed by atoms with Gasteiger partial charge in [0.1, 0.15) is 17.7 Å². The monoisotopic (exact) mass is 772 g/mol. The summed E-state index contributed by atoms with van der Waals surface area (Å²) in [6, 6.07) is 19.0. The van der Waals surface area contributed by atoms with Crippen LogP contribution in [0.25, 0.3) is 33.6 Å². The van der Waals surface area contributed by atoms with Gasteiger partial charge in [0.2, 0.25) is 17.7 Å². The van der Waals surface area contributed by atoms with Crippen LogP contribution in [0.1, 0.15) is 68.2 Å². The van der Waals surface area contributed by atoms with Crippen LogP contribution in [0.3, 0.4) is 0 Å². The molecule has 3 unspecified atom stereocenters. The Morgan fingerprint density at radius 3 is 2.14 bits per heavy atom. The van der Waals surface area contributed by atoms with Crippen LogP contribution in [0, 0.1) is 17.8 Å². The van der Waals surface area contributed by atoms with Gasteiger partial charge in [0.25, 0.3) is 0 Å². The summed E-state index contributed by atoms with van der Waals surface area (Å²) in [6.45, 7) is 2.52. The summed E-state index contributed by atoms with van der Waals surface area (Å²) in [6.07, 6.45) is 8.68. The molecule has 1 aliphatic heterocycles. The van der Waals surface area contributed by atoms with E-state index in [4.69, 9.17) is 14.5 Å². The van der Waals surface area contributed by atoms with E-state index in [1.807, 2.05) is 6.20 Å². The van der Waals surface area contributed by atoms with Crippen LogP contribution in [0.4, 0.5) is 4.79 Å². The van der Waals surface area contributed by atoms with Gasteiger partial charge in [0.05, 0.1) is 49.0 Å². The molecule has 14 heteroatoms. The molecule has 5 aromatic rings. The van der Waals surface area contributed by atoms with E-state index in [9.17, 15) is 19.5 Å². The highest BCUT2D eigenvalue weighted by Crippen LogP contribution is 2.56. The topological polar surface area (TPSA) is 187 Å². The van der Waals surface area contributed by atoms with Gasteiger partial charge in [0, 0.05) is 37.9 Å². The van der Waals surface area contributed by atoms with Crippen molar-refractivity contribution < 1.29 is 29.0 Å². The minimum Gasteiger partial charge on any atom is -0.493 e. The number of carbonyl (C=O) groups is 3. The van der Waals surface area contributed by atoms with Crippen LogP contribution in [0.2, 0.25) is 0 Å². The molecule has 2 saturated carbocycles. The molecule has 2 aliphatic carbocycles. The van der Waals surface area contributed by atoms with Crippen LogP contribution in [-0.4, -0.2) is 85.7 Å². The molecule has 2 aromatic carbocycles. The molecule has 3 amide bonds. The lowest BCUT2D eigenvalue weighted by atomic mass is 9.78. The minimum absolute atomic E-state index is 0.00152. The Balaban J connectivity index is 0.918. The molecule has 57 heavy (non-hydrogen) atoms. The molecule has 3 aliphatic rings. The molecule has 296 valence electrons. The van der Waals surface area contributed by atoms with E-state index < -0.39 is 18.2 Å². The van der Waals surface area contributed by atoms with Crippen molar-refractivity contribution >= 4 is 17.9 Å². The van der Waals surface area contributed by atoms with Gasteiger partial charge in [-0.25, -0.2) is 19.7 Å². The number of hydrogen-bond acceptors (Lipinski definition) is 9. The van der Waals surface area contributed by atoms with Crippen LogP contribution in [0.5, 0.6) is 5.88 Å². The number of fused-ring (bicyclic) bond motifs is 2. The average molecular weight is 773 g/mol. The number of carbonyl (C=O) groups excluding carboxylic acids is 3. The molecule has 0 spiro atoms. The largest absolute Gasteiger partial charge is 0.493 e. The third kappa shape index (κ3) is 7.61. The zero-order valence-corrected chi connectivity index (χ0v) is 32.3. The van der Waals surface area contributed by atoms with Gasteiger partial charge in [-0.05, 0) is 79.2 Å². The number of alkyl carbamates (subject to hydrolysis) is 1. The highest BCUT2D eigenvalue weighted by atomic mass is 16.5. The van der Waals surface area contributed by atoms with E-state index in [1.54, 1.807) is 30.2 Å². The van der Waals surface area contributed by atoms with E-state index >= 15 is 0 Å². The number of pyridine rings is 1. The smallest absolute Gasteiger partial charge is 0.407 e. The fourth-order valence-corrected chi connectivity index (χ4v) is 9.12. The second-order valence-corrected chi connectivity index (χ2v) is 15.4. The minimum atomic E-state index is -0.891. The molecule has 2 bridgehead atoms. The number of imidazole rings is 2. The maximum absolute atomic E-state index is 13.6. The highest BCUT2D eigenvalue weighted by Gasteiger charge is 2.52. The standard InChI is InChI=1S/C43H48N8O6/c1-24(56-2)37(50-43(55)57-3)42(54)51-19-5-7-34(51)38-45-22-32(48-38)27-12-8-25(9-13-27)26-10-14-28(15-11-26)33-23-46-39(49-33)35-29-16-17-30(20-29)36(35)41(53)47-21-31-6-4-18-44-40(31)52/h4,6,8-15,18,22-24,29-30,34-37H,5,7,16-17,19-21H2,1-3H3,(H,44,52)(H,45,48)(H,46,49)(H,47,53)(H,50,55)/t24-,29?,30+,34+,35?,36?,37+/m1/s1. The second kappa shape index (κ2) is 16.2. The lowest BCUT2D eigenvalue weighted by Gasteiger charge is -2.30. The van der Waals surface area contributed by atoms with Gasteiger partial charge in [-0.3, -0.25) is 9.59 Å². The number of benzene rings is 2. The SMILES string of the molecule is COC(=O)N[C@H](C(=O)N1CCC[C@H]1c1ncc(-c2ccc(-c3ccc(-c4cnc(C5C6CC[C@@H](C6)C5C(=O)NCc5cccnc5O)[nH]4)cc3)cc2)[nH]1)[C@@H](C)OC. The van der Waals surface area contributed by atoms with E-state index in [2.05, 4.69) is 79.1 Å². The Kier molecular flexibility index (Phi) is 10.8. The summed E-state index contributed by atoms with van der Waals surface area (Å²) in [4.78, 5) is 61.3. The van der Waals surface area contributed by atoms with Gasteiger partial charge in [-0.15, -0.1) is 0 Å². The lowest BCUT2D eigenvalue weighted by Crippen LogP contribution is -2.54. The predicted molar refractivity (Wildman–Crippen MR) is 211 cm³/mol. The maximum Gasteiger partial charge on any atom is 0.407 e. The fourth-order valence-electron chi connectivity index (χ4n) is 9.12. The first-order valence-corrected chi connectivity index (χ1v) is 19.6. The number of likely N-dealkylation sites (tertiary alicyclic amines) is 1. The number of H-pyrrole nitrogens is 2. The maximum atomic E-state index is 13.6. The average Bonchev–Trinajstić information content (AvgIpc) is 4.10. The molecule has 7 atom stereocenters. The third-order valence-electron chi connectivity index (χ3n) is 12.2. The Morgan fingerprint density at radius 2 is 1.49 bits per heavy atom. The first-order chi connectivity index (χ1) is 27.7. The van der Waals surface area contributed by atoms with Crippen LogP contribution in [0.15, 0.2) is 79.3 Å². The number of amides is 3. The number of rotatable bonds is 12. The predicted octanol–water partition coefficient (Wildman–Crippen LogP) is 6.10. The molecule has 3 fully saturated rings. The molecule has 14 nitrogen and oxygen atoms in total. The van der Waals surface area contributed by atoms with E-state index in [1.165, 1.54) is 20.4 Å². The summed E-state index contributed by atoms with van der Waals surface area (Å²) in [5.41, 5.74) is 6.47. The number of methoxy groups -OCH3 is 2. The third-order valence-corrected chi connectivity index (χ3v) is 12.2. The van der Waals surface area contributed by atoms with Gasteiger partial charge in [-0.1, -0.05) is 54.6 Å². The lowest BCUT2D eigenvalue weighted by molar-refractivity contribution is -0.137. The second-order valence-electron chi connectivity index (χ2n) is 15.4. The van der Waals surface area contributed by atoms with Crippen molar-refractivity contribution in [2.24, 2.45) is 17.8 Å². The summed E-state index contributed by atoms with van der Waals surface area (Å²) >= 11 is 0. The van der Waals surface area contributed by atoms with Gasteiger partial charge in [0.15, 0.2) is 0 Å². The normalized spacial score (nSPS) is 22.3. The molecule has 4 heterocycles. The van der Waals surface area contributed by atoms with Crippen LogP contribution >= 0.6 is 0 Å². The van der Waals surface area contributed by atoms with Crippen molar-refractivity contribution in [3.05, 3.63) is 96.5 Å². The molecular weight excluding hydrogens is 725 g/mol.